The van der Waals surface area contributed by atoms with Gasteiger partial charge in [0.2, 0.25) is 5.91 Å². The van der Waals surface area contributed by atoms with Crippen LogP contribution in [0.25, 0.3) is 10.9 Å². The van der Waals surface area contributed by atoms with Crippen LogP contribution in [0.5, 0.6) is 5.75 Å². The fourth-order valence-corrected chi connectivity index (χ4v) is 3.81. The Kier molecular flexibility index (Phi) is 4.65. The summed E-state index contributed by atoms with van der Waals surface area (Å²) in [4.78, 5) is 15.9. The number of benzene rings is 1. The van der Waals surface area contributed by atoms with E-state index < -0.39 is 0 Å². The van der Waals surface area contributed by atoms with Gasteiger partial charge in [-0.1, -0.05) is 0 Å². The van der Waals surface area contributed by atoms with E-state index in [1.165, 1.54) is 10.9 Å². The van der Waals surface area contributed by atoms with E-state index in [-0.39, 0.29) is 11.9 Å². The number of fused-ring (bicyclic) bond motifs is 3. The number of hydrogen-bond acceptors (Lipinski definition) is 3. The summed E-state index contributed by atoms with van der Waals surface area (Å²) in [6.45, 7) is 0.766. The number of carbonyl (C=O) groups excluding carboxylic acids is 1. The van der Waals surface area contributed by atoms with Gasteiger partial charge in [-0.15, -0.1) is 0 Å². The highest BCUT2D eigenvalue weighted by Crippen LogP contribution is 2.36. The van der Waals surface area contributed by atoms with Crippen molar-refractivity contribution in [2.75, 3.05) is 7.11 Å². The van der Waals surface area contributed by atoms with E-state index in [1.54, 1.807) is 13.3 Å². The molecule has 1 aromatic carbocycles. The maximum atomic E-state index is 12.4. The molecule has 3 aromatic rings. The highest BCUT2D eigenvalue weighted by atomic mass is 16.5. The number of nitrogens with one attached hydrogen (secondary N) is 2. The molecule has 0 saturated carbocycles. The third-order valence-electron chi connectivity index (χ3n) is 5.10. The molecule has 0 aliphatic heterocycles. The van der Waals surface area contributed by atoms with Gasteiger partial charge in [0.1, 0.15) is 5.75 Å². The molecule has 1 aliphatic rings. The summed E-state index contributed by atoms with van der Waals surface area (Å²) in [6, 6.07) is 8.06. The summed E-state index contributed by atoms with van der Waals surface area (Å²) in [5.74, 6) is 0.968. The Morgan fingerprint density at radius 1 is 1.46 bits per heavy atom. The van der Waals surface area contributed by atoms with Gasteiger partial charge in [0.25, 0.3) is 0 Å². The number of hydrogen-bond donors (Lipinski definition) is 2. The second kappa shape index (κ2) is 7.23. The normalized spacial score (nSPS) is 16.4. The molecular formula is C20H24N4O2. The quantitative estimate of drug-likeness (QED) is 0.715. The van der Waals surface area contributed by atoms with Gasteiger partial charge in [-0.05, 0) is 55.5 Å². The zero-order chi connectivity index (χ0) is 17.9. The number of ether oxygens (including phenoxy) is 1. The van der Waals surface area contributed by atoms with E-state index in [0.717, 1.165) is 49.2 Å². The first-order valence-corrected chi connectivity index (χ1v) is 9.20. The van der Waals surface area contributed by atoms with Crippen LogP contribution in [0.1, 0.15) is 43.0 Å². The Bertz CT molecular complexity index is 898. The number of methoxy groups -OCH3 is 1. The van der Waals surface area contributed by atoms with Crippen LogP contribution in [0.3, 0.4) is 0 Å². The predicted octanol–water partition coefficient (Wildman–Crippen LogP) is 3.35. The molecule has 136 valence electrons. The monoisotopic (exact) mass is 352 g/mol. The van der Waals surface area contributed by atoms with Crippen molar-refractivity contribution in [3.8, 4) is 5.75 Å². The minimum Gasteiger partial charge on any atom is -0.497 e. The maximum absolute atomic E-state index is 12.4. The summed E-state index contributed by atoms with van der Waals surface area (Å²) in [6.07, 6.45) is 8.07. The molecule has 26 heavy (non-hydrogen) atoms. The zero-order valence-electron chi connectivity index (χ0n) is 15.0. The molecule has 6 heteroatoms. The van der Waals surface area contributed by atoms with Gasteiger partial charge < -0.3 is 15.0 Å². The van der Waals surface area contributed by atoms with Gasteiger partial charge in [0.15, 0.2) is 0 Å². The van der Waals surface area contributed by atoms with Gasteiger partial charge in [-0.25, -0.2) is 0 Å². The van der Waals surface area contributed by atoms with E-state index in [2.05, 4.69) is 27.5 Å². The lowest BCUT2D eigenvalue weighted by molar-refractivity contribution is -0.122. The van der Waals surface area contributed by atoms with Crippen molar-refractivity contribution >= 4 is 16.8 Å². The van der Waals surface area contributed by atoms with Crippen LogP contribution < -0.4 is 10.1 Å². The third-order valence-corrected chi connectivity index (χ3v) is 5.10. The van der Waals surface area contributed by atoms with Crippen LogP contribution >= 0.6 is 0 Å². The average molecular weight is 352 g/mol. The standard InChI is InChI=1S/C20H24N4O2/c1-26-14-8-9-17-16(13-14)15-5-2-6-18(20(15)23-17)22-19(25)7-3-11-24-12-4-10-21-24/h4,8-10,12-13,18,23H,2-3,5-7,11H2,1H3,(H,22,25)/t18-/m0/s1. The molecule has 0 spiro atoms. The van der Waals surface area contributed by atoms with E-state index in [0.29, 0.717) is 6.42 Å². The van der Waals surface area contributed by atoms with Crippen LogP contribution in [0.15, 0.2) is 36.7 Å². The minimum atomic E-state index is 0.0642. The molecule has 1 aliphatic carbocycles. The van der Waals surface area contributed by atoms with E-state index in [4.69, 9.17) is 4.74 Å². The lowest BCUT2D eigenvalue weighted by Crippen LogP contribution is -2.31. The minimum absolute atomic E-state index is 0.0642. The van der Waals surface area contributed by atoms with Crippen LogP contribution in [0, 0.1) is 0 Å². The zero-order valence-corrected chi connectivity index (χ0v) is 15.0. The molecule has 6 nitrogen and oxygen atoms in total. The van der Waals surface area contributed by atoms with Gasteiger partial charge in [-0.3, -0.25) is 9.48 Å². The fraction of sp³-hybridized carbons (Fsp3) is 0.400. The summed E-state index contributed by atoms with van der Waals surface area (Å²) in [5, 5.41) is 8.59. The first kappa shape index (κ1) is 16.7. The first-order chi connectivity index (χ1) is 12.7. The van der Waals surface area contributed by atoms with Crippen molar-refractivity contribution in [1.29, 1.82) is 0 Å². The smallest absolute Gasteiger partial charge is 0.220 e. The van der Waals surface area contributed by atoms with Crippen molar-refractivity contribution in [3.05, 3.63) is 47.9 Å². The molecule has 4 rings (SSSR count). The van der Waals surface area contributed by atoms with Crippen LogP contribution in [0.2, 0.25) is 0 Å². The number of amides is 1. The predicted molar refractivity (Wildman–Crippen MR) is 100 cm³/mol. The first-order valence-electron chi connectivity index (χ1n) is 9.20. The number of aryl methyl sites for hydroxylation is 2. The van der Waals surface area contributed by atoms with Crippen LogP contribution in [-0.4, -0.2) is 27.8 Å². The van der Waals surface area contributed by atoms with Crippen molar-refractivity contribution in [2.24, 2.45) is 0 Å². The molecule has 0 unspecified atom stereocenters. The Hall–Kier alpha value is -2.76. The number of carbonyl (C=O) groups is 1. The largest absolute Gasteiger partial charge is 0.497 e. The fourth-order valence-electron chi connectivity index (χ4n) is 3.81. The molecule has 1 atom stereocenters. The lowest BCUT2D eigenvalue weighted by Gasteiger charge is -2.24. The topological polar surface area (TPSA) is 71.9 Å². The van der Waals surface area contributed by atoms with Gasteiger partial charge in [0.05, 0.1) is 13.2 Å². The number of rotatable bonds is 6. The second-order valence-corrected chi connectivity index (χ2v) is 6.81. The van der Waals surface area contributed by atoms with Crippen molar-refractivity contribution < 1.29 is 9.53 Å². The lowest BCUT2D eigenvalue weighted by atomic mass is 9.91. The highest BCUT2D eigenvalue weighted by molar-refractivity contribution is 5.87. The molecule has 0 bridgehead atoms. The molecular weight excluding hydrogens is 328 g/mol. The average Bonchev–Trinajstić information content (AvgIpc) is 3.29. The maximum Gasteiger partial charge on any atom is 0.220 e. The highest BCUT2D eigenvalue weighted by Gasteiger charge is 2.25. The molecule has 0 fully saturated rings. The Labute approximate surface area is 152 Å². The van der Waals surface area contributed by atoms with E-state index in [9.17, 15) is 4.79 Å². The van der Waals surface area contributed by atoms with E-state index >= 15 is 0 Å². The molecule has 2 N–H and O–H groups in total. The molecule has 2 aromatic heterocycles. The Morgan fingerprint density at radius 2 is 2.38 bits per heavy atom. The molecule has 1 amide bonds. The third kappa shape index (κ3) is 3.31. The van der Waals surface area contributed by atoms with Crippen LogP contribution in [-0.2, 0) is 17.8 Å². The van der Waals surface area contributed by atoms with Crippen molar-refractivity contribution in [2.45, 2.75) is 44.7 Å². The van der Waals surface area contributed by atoms with Crippen molar-refractivity contribution in [1.82, 2.24) is 20.1 Å². The summed E-state index contributed by atoms with van der Waals surface area (Å²) < 4.78 is 7.22. The van der Waals surface area contributed by atoms with E-state index in [1.807, 2.05) is 23.0 Å². The van der Waals surface area contributed by atoms with Gasteiger partial charge >= 0.3 is 0 Å². The Morgan fingerprint density at radius 3 is 3.19 bits per heavy atom. The van der Waals surface area contributed by atoms with Crippen LogP contribution in [0.4, 0.5) is 0 Å². The number of aromatic amines is 1. The number of H-pyrrole nitrogens is 1. The number of aromatic nitrogens is 3. The summed E-state index contributed by atoms with van der Waals surface area (Å²) in [5.41, 5.74) is 3.57. The van der Waals surface area contributed by atoms with Gasteiger partial charge in [-0.2, -0.15) is 5.10 Å². The SMILES string of the molecule is COc1ccc2[nH]c3c(c2c1)CCC[C@@H]3NC(=O)CCCn1cccn1. The summed E-state index contributed by atoms with van der Waals surface area (Å²) >= 11 is 0. The number of nitrogens with zero attached hydrogens (tertiary/aromatic N) is 2. The summed E-state index contributed by atoms with van der Waals surface area (Å²) in [7, 11) is 1.69. The molecule has 0 radical (unpaired) electrons. The Balaban J connectivity index is 1.44. The second-order valence-electron chi connectivity index (χ2n) is 6.81. The van der Waals surface area contributed by atoms with Crippen molar-refractivity contribution in [3.63, 3.8) is 0 Å². The molecule has 2 heterocycles. The molecule has 0 saturated heterocycles. The van der Waals surface area contributed by atoms with Gasteiger partial charge in [0, 0.05) is 42.0 Å².